The maximum absolute atomic E-state index is 2.32. The van der Waals surface area contributed by atoms with Crippen LogP contribution in [-0.2, 0) is 5.41 Å². The van der Waals surface area contributed by atoms with Crippen molar-refractivity contribution >= 4 is 16.5 Å². The fourth-order valence-corrected chi connectivity index (χ4v) is 3.97. The molecule has 0 aliphatic carbocycles. The zero-order valence-corrected chi connectivity index (χ0v) is 21.6. The van der Waals surface area contributed by atoms with E-state index in [-0.39, 0.29) is 29.4 Å². The lowest BCUT2D eigenvalue weighted by Gasteiger charge is -2.23. The molecule has 0 aliphatic heterocycles. The van der Waals surface area contributed by atoms with Crippen LogP contribution in [0.2, 0.25) is 0 Å². The molecule has 1 nitrogen and oxygen atoms in total. The molecule has 4 rings (SSSR count). The van der Waals surface area contributed by atoms with Gasteiger partial charge < -0.3 is 24.0 Å². The molecule has 0 fully saturated rings. The molecule has 0 radical (unpaired) electrons. The number of hydrogen-bond acceptors (Lipinski definition) is 0. The van der Waals surface area contributed by atoms with Crippen LogP contribution in [-0.4, -0.2) is 21.1 Å². The molecule has 0 aliphatic rings. The average Bonchev–Trinajstić information content (AvgIpc) is 2.72. The molecule has 0 spiro atoms. The van der Waals surface area contributed by atoms with Crippen LogP contribution in [0, 0.1) is 0 Å². The van der Waals surface area contributed by atoms with Crippen molar-refractivity contribution in [1.29, 1.82) is 0 Å². The molecule has 2 heteroatoms. The Labute approximate surface area is 204 Å². The SMILES string of the molecule is CC(C)(C)c1ccc(-c2cccc3cc(-c4cccc([N+](C)(C)C)c4)ccc23)cc1.[I-]. The number of quaternary nitrogens is 1. The van der Waals surface area contributed by atoms with Crippen molar-refractivity contribution in [2.24, 2.45) is 0 Å². The molecular formula is C29H32IN. The van der Waals surface area contributed by atoms with Crippen LogP contribution >= 0.6 is 0 Å². The summed E-state index contributed by atoms with van der Waals surface area (Å²) in [6.07, 6.45) is 0. The topological polar surface area (TPSA) is 0 Å². The predicted octanol–water partition coefficient (Wildman–Crippen LogP) is 4.67. The molecule has 4 aromatic rings. The zero-order valence-electron chi connectivity index (χ0n) is 19.4. The lowest BCUT2D eigenvalue weighted by Crippen LogP contribution is -3.00. The van der Waals surface area contributed by atoms with Crippen LogP contribution in [0.1, 0.15) is 26.3 Å². The molecule has 0 unspecified atom stereocenters. The Balaban J connectivity index is 0.00000272. The van der Waals surface area contributed by atoms with Crippen LogP contribution in [0.3, 0.4) is 0 Å². The first kappa shape index (κ1) is 23.5. The Morgan fingerprint density at radius 1 is 0.613 bits per heavy atom. The average molecular weight is 521 g/mol. The normalized spacial score (nSPS) is 11.9. The molecule has 4 aromatic carbocycles. The Morgan fingerprint density at radius 2 is 1.23 bits per heavy atom. The minimum atomic E-state index is 0. The van der Waals surface area contributed by atoms with E-state index in [1.807, 2.05) is 0 Å². The van der Waals surface area contributed by atoms with Gasteiger partial charge in [-0.15, -0.1) is 0 Å². The van der Waals surface area contributed by atoms with Gasteiger partial charge in [0.2, 0.25) is 0 Å². The Morgan fingerprint density at radius 3 is 1.87 bits per heavy atom. The van der Waals surface area contributed by atoms with Crippen molar-refractivity contribution in [3.05, 3.63) is 90.5 Å². The van der Waals surface area contributed by atoms with E-state index in [0.717, 1.165) is 4.48 Å². The van der Waals surface area contributed by atoms with Crippen LogP contribution in [0.5, 0.6) is 0 Å². The Hall–Kier alpha value is -2.17. The quantitative estimate of drug-likeness (QED) is 0.272. The number of fused-ring (bicyclic) bond motifs is 1. The van der Waals surface area contributed by atoms with Crippen molar-refractivity contribution in [1.82, 2.24) is 4.48 Å². The number of halogens is 1. The Kier molecular flexibility index (Phi) is 6.64. The van der Waals surface area contributed by atoms with Gasteiger partial charge in [-0.2, -0.15) is 0 Å². The summed E-state index contributed by atoms with van der Waals surface area (Å²) in [5, 5.41) is 2.58. The molecule has 0 saturated carbocycles. The lowest BCUT2D eigenvalue weighted by atomic mass is 9.86. The highest BCUT2D eigenvalue weighted by Crippen LogP contribution is 2.34. The number of hydrogen-bond donors (Lipinski definition) is 0. The zero-order chi connectivity index (χ0) is 21.5. The van der Waals surface area contributed by atoms with Gasteiger partial charge in [-0.1, -0.05) is 87.5 Å². The summed E-state index contributed by atoms with van der Waals surface area (Å²) in [6, 6.07) is 31.4. The summed E-state index contributed by atoms with van der Waals surface area (Å²) in [6.45, 7) is 6.78. The van der Waals surface area contributed by atoms with Crippen LogP contribution in [0.4, 0.5) is 5.69 Å². The third-order valence-electron chi connectivity index (χ3n) is 5.90. The molecular weight excluding hydrogens is 489 g/mol. The van der Waals surface area contributed by atoms with E-state index >= 15 is 0 Å². The van der Waals surface area contributed by atoms with E-state index in [0.29, 0.717) is 0 Å². The van der Waals surface area contributed by atoms with E-state index in [4.69, 9.17) is 0 Å². The van der Waals surface area contributed by atoms with Gasteiger partial charge in [0.15, 0.2) is 0 Å². The second-order valence-corrected chi connectivity index (χ2v) is 10.1. The predicted molar refractivity (Wildman–Crippen MR) is 133 cm³/mol. The minimum absolute atomic E-state index is 0. The summed E-state index contributed by atoms with van der Waals surface area (Å²) in [4.78, 5) is 0. The van der Waals surface area contributed by atoms with Crippen molar-refractivity contribution in [3.63, 3.8) is 0 Å². The molecule has 0 atom stereocenters. The number of rotatable bonds is 3. The first-order chi connectivity index (χ1) is 14.1. The molecule has 0 heterocycles. The minimum Gasteiger partial charge on any atom is -1.00 e. The fraction of sp³-hybridized carbons (Fsp3) is 0.241. The van der Waals surface area contributed by atoms with Gasteiger partial charge in [-0.25, -0.2) is 0 Å². The largest absolute Gasteiger partial charge is 1.00 e. The van der Waals surface area contributed by atoms with Crippen LogP contribution in [0.15, 0.2) is 84.9 Å². The van der Waals surface area contributed by atoms with Gasteiger partial charge in [-0.3, -0.25) is 4.48 Å². The summed E-state index contributed by atoms with van der Waals surface area (Å²) < 4.78 is 0.816. The molecule has 160 valence electrons. The molecule has 31 heavy (non-hydrogen) atoms. The summed E-state index contributed by atoms with van der Waals surface area (Å²) in [5.74, 6) is 0. The summed E-state index contributed by atoms with van der Waals surface area (Å²) in [7, 11) is 6.62. The van der Waals surface area contributed by atoms with E-state index in [9.17, 15) is 0 Å². The monoisotopic (exact) mass is 521 g/mol. The van der Waals surface area contributed by atoms with Crippen LogP contribution < -0.4 is 28.5 Å². The van der Waals surface area contributed by atoms with Gasteiger partial charge in [0.05, 0.1) is 21.1 Å². The van der Waals surface area contributed by atoms with Gasteiger partial charge >= 0.3 is 0 Å². The first-order valence-corrected chi connectivity index (χ1v) is 10.7. The lowest BCUT2D eigenvalue weighted by molar-refractivity contribution is -0.00000660. The van der Waals surface area contributed by atoms with Gasteiger partial charge in [0.25, 0.3) is 0 Å². The van der Waals surface area contributed by atoms with Crippen molar-refractivity contribution < 1.29 is 24.0 Å². The van der Waals surface area contributed by atoms with Crippen molar-refractivity contribution in [3.8, 4) is 22.3 Å². The fourth-order valence-electron chi connectivity index (χ4n) is 3.97. The molecule has 0 N–H and O–H groups in total. The molecule has 0 bridgehead atoms. The summed E-state index contributed by atoms with van der Waals surface area (Å²) in [5.41, 5.74) is 7.94. The molecule has 0 amide bonds. The second-order valence-electron chi connectivity index (χ2n) is 10.1. The van der Waals surface area contributed by atoms with Gasteiger partial charge in [0, 0.05) is 6.07 Å². The smallest absolute Gasteiger partial charge is 0.132 e. The van der Waals surface area contributed by atoms with Crippen LogP contribution in [0.25, 0.3) is 33.0 Å². The highest BCUT2D eigenvalue weighted by molar-refractivity contribution is 5.98. The third kappa shape index (κ3) is 5.02. The van der Waals surface area contributed by atoms with Gasteiger partial charge in [-0.05, 0) is 56.1 Å². The molecule has 0 aromatic heterocycles. The standard InChI is InChI=1S/C29H32N.HI/c1-29(2,3)25-16-13-21(14-17-25)27-12-8-10-24-19-23(15-18-28(24)27)22-9-7-11-26(20-22)30(4,5)6;/h7-20H,1-6H3;1H/q+1;/p-1. The second kappa shape index (κ2) is 8.76. The number of benzene rings is 4. The third-order valence-corrected chi connectivity index (χ3v) is 5.90. The van der Waals surface area contributed by atoms with Gasteiger partial charge in [0.1, 0.15) is 5.69 Å². The van der Waals surface area contributed by atoms with E-state index < -0.39 is 0 Å². The highest BCUT2D eigenvalue weighted by Gasteiger charge is 2.15. The Bertz CT molecular complexity index is 1190. The maximum Gasteiger partial charge on any atom is 0.132 e. The summed E-state index contributed by atoms with van der Waals surface area (Å²) >= 11 is 0. The first-order valence-electron chi connectivity index (χ1n) is 10.7. The molecule has 0 saturated heterocycles. The van der Waals surface area contributed by atoms with E-state index in [1.165, 1.54) is 44.3 Å². The van der Waals surface area contributed by atoms with E-state index in [1.54, 1.807) is 0 Å². The van der Waals surface area contributed by atoms with E-state index in [2.05, 4.69) is 127 Å². The number of nitrogens with zero attached hydrogens (tertiary/aromatic N) is 1. The maximum atomic E-state index is 2.32. The highest BCUT2D eigenvalue weighted by atomic mass is 127. The van der Waals surface area contributed by atoms with Crippen molar-refractivity contribution in [2.75, 3.05) is 21.1 Å². The van der Waals surface area contributed by atoms with Crippen molar-refractivity contribution in [2.45, 2.75) is 26.2 Å².